The van der Waals surface area contributed by atoms with Gasteiger partial charge in [-0.3, -0.25) is 45.6 Å². The molecular formula is C75H91F9N10O3. The molecule has 5 aliphatic heterocycles. The predicted octanol–water partition coefficient (Wildman–Crippen LogP) is 13.1. The molecule has 0 saturated carbocycles. The van der Waals surface area contributed by atoms with E-state index in [-0.39, 0.29) is 131 Å². The number of morpholine rings is 1. The molecule has 522 valence electrons. The van der Waals surface area contributed by atoms with Gasteiger partial charge in [0.05, 0.1) is 24.6 Å². The summed E-state index contributed by atoms with van der Waals surface area (Å²) in [4.78, 5) is 38.6. The first-order valence-corrected chi connectivity index (χ1v) is 34.7. The number of nitrogens with zero attached hydrogens (tertiary/aromatic N) is 5. The molecule has 6 aromatic rings. The minimum Gasteiger partial charge on any atom is -0.383 e. The predicted molar refractivity (Wildman–Crippen MR) is 356 cm³/mol. The van der Waals surface area contributed by atoms with Gasteiger partial charge in [0.2, 0.25) is 11.8 Å². The van der Waals surface area contributed by atoms with Crippen LogP contribution in [0.5, 0.6) is 0 Å². The summed E-state index contributed by atoms with van der Waals surface area (Å²) < 4.78 is 151. The number of halogens is 9. The van der Waals surface area contributed by atoms with Crippen molar-refractivity contribution in [3.05, 3.63) is 208 Å². The Labute approximate surface area is 563 Å². The summed E-state index contributed by atoms with van der Waals surface area (Å²) >= 11 is 0. The Balaban J connectivity index is 0.985. The zero-order valence-electron chi connectivity index (χ0n) is 55.5. The van der Waals surface area contributed by atoms with Gasteiger partial charge in [-0.15, -0.1) is 0 Å². The van der Waals surface area contributed by atoms with Crippen molar-refractivity contribution in [2.24, 2.45) is 0 Å². The minimum absolute atomic E-state index is 0.00634. The van der Waals surface area contributed by atoms with Gasteiger partial charge >= 0.3 is 0 Å². The van der Waals surface area contributed by atoms with Crippen LogP contribution in [-0.4, -0.2) is 134 Å². The molecule has 0 aliphatic carbocycles. The number of amides is 2. The van der Waals surface area contributed by atoms with Crippen LogP contribution in [0, 0.1) is 52.4 Å². The van der Waals surface area contributed by atoms with Gasteiger partial charge in [-0.05, 0) is 180 Å². The SMILES string of the molecule is CC1CCCCN1C(CCNC(CCNC(CCNC(CCNc1ccccc1F)(c1cc(F)ccc1F)N1CCCC1=O)(c1cccc(F)c1)N1CCCC1=O)(c1cc(F)ccc1F)N1CCCCC1C)(NCCC(c1cc(F)ccc1F)N1CCOCC1)c1cccc(F)c1. The molecule has 5 N–H and O–H groups in total. The van der Waals surface area contributed by atoms with Gasteiger partial charge in [0.15, 0.2) is 0 Å². The Morgan fingerprint density at radius 1 is 0.443 bits per heavy atom. The van der Waals surface area contributed by atoms with Crippen molar-refractivity contribution in [1.82, 2.24) is 45.8 Å². The van der Waals surface area contributed by atoms with Gasteiger partial charge < -0.3 is 19.9 Å². The number of para-hydroxylation sites is 1. The molecule has 5 heterocycles. The van der Waals surface area contributed by atoms with E-state index in [0.29, 0.717) is 82.6 Å². The largest absolute Gasteiger partial charge is 0.383 e. The molecule has 0 radical (unpaired) electrons. The number of rotatable bonds is 30. The van der Waals surface area contributed by atoms with Crippen molar-refractivity contribution in [2.75, 3.05) is 90.5 Å². The molecule has 22 heteroatoms. The minimum atomic E-state index is -1.77. The zero-order chi connectivity index (χ0) is 68.3. The second kappa shape index (κ2) is 32.0. The summed E-state index contributed by atoms with van der Waals surface area (Å²) in [5, 5.41) is 18.2. The Kier molecular flexibility index (Phi) is 23.5. The first-order chi connectivity index (χ1) is 46.9. The maximum Gasteiger partial charge on any atom is 0.224 e. The van der Waals surface area contributed by atoms with Crippen molar-refractivity contribution in [3.8, 4) is 0 Å². The fourth-order valence-corrected chi connectivity index (χ4v) is 16.4. The molecule has 0 spiro atoms. The zero-order valence-corrected chi connectivity index (χ0v) is 55.5. The number of benzene rings is 6. The smallest absolute Gasteiger partial charge is 0.224 e. The molecule has 2 amide bonds. The van der Waals surface area contributed by atoms with Crippen molar-refractivity contribution in [2.45, 2.75) is 151 Å². The summed E-state index contributed by atoms with van der Waals surface area (Å²) in [6.07, 6.45) is 6.31. The normalized spacial score (nSPS) is 21.3. The highest BCUT2D eigenvalue weighted by atomic mass is 19.2. The average molecular weight is 1350 g/mol. The number of carbonyl (C=O) groups is 2. The van der Waals surface area contributed by atoms with E-state index < -0.39 is 81.0 Å². The van der Waals surface area contributed by atoms with E-state index in [1.165, 1.54) is 59.5 Å². The van der Waals surface area contributed by atoms with Crippen LogP contribution in [0.15, 0.2) is 127 Å². The molecule has 5 saturated heterocycles. The van der Waals surface area contributed by atoms with Crippen LogP contribution in [-0.2, 0) is 37.0 Å². The van der Waals surface area contributed by atoms with Crippen LogP contribution in [0.3, 0.4) is 0 Å². The van der Waals surface area contributed by atoms with Crippen LogP contribution in [0.4, 0.5) is 45.2 Å². The standard InChI is InChI=1S/C75H91F9N10O3/c1-52-13-5-7-39-91(52)72(54-15-9-17-56(76)47-54,86-34-29-69(90-43-45-97-46-44-90)61-49-58(78)23-26-64(61)81)31-36-88-74(92-40-8-6-14-53(92)2,62-50-59(79)24-27-65(62)82)33-38-87-73(93-41-11-21-70(93)95,55-16-10-18-57(77)48-55)32-37-89-75(94-42-12-22-71(94)96,63-51-60(80)25-28-66(63)83)30-35-85-68-20-4-3-19-67(68)84/h3-4,9-10,15-20,23-28,47-53,69,85-89H,5-8,11-14,21-22,29-46H2,1-2H3. The van der Waals surface area contributed by atoms with Gasteiger partial charge in [-0.2, -0.15) is 0 Å². The van der Waals surface area contributed by atoms with Crippen LogP contribution in [0.25, 0.3) is 0 Å². The lowest BCUT2D eigenvalue weighted by atomic mass is 9.85. The number of hydrogen-bond acceptors (Lipinski definition) is 11. The maximum absolute atomic E-state index is 17.6. The molecule has 6 aromatic carbocycles. The Morgan fingerprint density at radius 2 is 0.918 bits per heavy atom. The highest BCUT2D eigenvalue weighted by Crippen LogP contribution is 2.43. The van der Waals surface area contributed by atoms with E-state index in [0.717, 1.165) is 68.1 Å². The second-order valence-electron chi connectivity index (χ2n) is 26.8. The Hall–Kier alpha value is -6.89. The van der Waals surface area contributed by atoms with Crippen molar-refractivity contribution < 1.29 is 53.8 Å². The van der Waals surface area contributed by atoms with Crippen LogP contribution >= 0.6 is 0 Å². The molecule has 5 fully saturated rings. The fourth-order valence-electron chi connectivity index (χ4n) is 16.4. The fraction of sp³-hybridized carbons (Fsp3) is 0.493. The number of carbonyl (C=O) groups excluding carboxylic acids is 2. The maximum atomic E-state index is 17.6. The third kappa shape index (κ3) is 15.8. The van der Waals surface area contributed by atoms with E-state index in [2.05, 4.69) is 55.1 Å². The van der Waals surface area contributed by atoms with E-state index in [1.54, 1.807) is 29.2 Å². The van der Waals surface area contributed by atoms with Gasteiger partial charge in [0, 0.05) is 126 Å². The highest BCUT2D eigenvalue weighted by molar-refractivity contribution is 5.80. The van der Waals surface area contributed by atoms with Crippen LogP contribution in [0.1, 0.15) is 144 Å². The number of ether oxygens (including phenoxy) is 1. The quantitative estimate of drug-likeness (QED) is 0.0277. The van der Waals surface area contributed by atoms with E-state index in [9.17, 15) is 9.59 Å². The van der Waals surface area contributed by atoms with Gasteiger partial charge in [0.1, 0.15) is 69.3 Å². The molecule has 97 heavy (non-hydrogen) atoms. The first kappa shape index (κ1) is 71.4. The van der Waals surface area contributed by atoms with Gasteiger partial charge in [-0.1, -0.05) is 49.2 Å². The number of piperidine rings is 2. The third-order valence-electron chi connectivity index (χ3n) is 21.0. The lowest BCUT2D eigenvalue weighted by molar-refractivity contribution is -0.136. The summed E-state index contributed by atoms with van der Waals surface area (Å²) in [5.41, 5.74) is -4.94. The van der Waals surface area contributed by atoms with Crippen LogP contribution < -0.4 is 26.6 Å². The van der Waals surface area contributed by atoms with Gasteiger partial charge in [0.25, 0.3) is 0 Å². The summed E-state index contributed by atoms with van der Waals surface area (Å²) in [5.74, 6) is -6.31. The Morgan fingerprint density at radius 3 is 1.48 bits per heavy atom. The Bertz CT molecular complexity index is 3660. The van der Waals surface area contributed by atoms with Gasteiger partial charge in [-0.25, -0.2) is 39.5 Å². The molecule has 7 unspecified atom stereocenters. The summed E-state index contributed by atoms with van der Waals surface area (Å²) in [7, 11) is 0. The molecule has 5 aliphatic rings. The third-order valence-corrected chi connectivity index (χ3v) is 21.0. The molecule has 7 atom stereocenters. The van der Waals surface area contributed by atoms with Crippen molar-refractivity contribution in [1.29, 1.82) is 0 Å². The lowest BCUT2D eigenvalue weighted by Crippen LogP contribution is -2.65. The molecule has 0 bridgehead atoms. The monoisotopic (exact) mass is 1350 g/mol. The number of likely N-dealkylation sites (tertiary alicyclic amines) is 4. The summed E-state index contributed by atoms with van der Waals surface area (Å²) in [6, 6.07) is 27.4. The highest BCUT2D eigenvalue weighted by Gasteiger charge is 2.51. The topological polar surface area (TPSA) is 120 Å². The van der Waals surface area contributed by atoms with Crippen molar-refractivity contribution in [3.63, 3.8) is 0 Å². The average Bonchev–Trinajstić information content (AvgIpc) is 1.66. The summed E-state index contributed by atoms with van der Waals surface area (Å²) in [6.45, 7) is 7.52. The number of anilines is 1. The first-order valence-electron chi connectivity index (χ1n) is 34.7. The molecular weight excluding hydrogens is 1260 g/mol. The number of hydrogen-bond donors (Lipinski definition) is 5. The molecule has 0 aromatic heterocycles. The number of nitrogens with one attached hydrogen (secondary N) is 5. The second-order valence-corrected chi connectivity index (χ2v) is 26.8. The van der Waals surface area contributed by atoms with Crippen molar-refractivity contribution >= 4 is 17.5 Å². The van der Waals surface area contributed by atoms with E-state index >= 15 is 39.5 Å². The van der Waals surface area contributed by atoms with Crippen LogP contribution in [0.2, 0.25) is 0 Å². The molecule has 13 nitrogen and oxygen atoms in total. The lowest BCUT2D eigenvalue weighted by Gasteiger charge is -2.53. The molecule has 11 rings (SSSR count). The van der Waals surface area contributed by atoms with E-state index in [1.807, 2.05) is 6.07 Å². The van der Waals surface area contributed by atoms with E-state index in [4.69, 9.17) is 4.74 Å².